The lowest BCUT2D eigenvalue weighted by Crippen LogP contribution is -2.22. The summed E-state index contributed by atoms with van der Waals surface area (Å²) in [5.74, 6) is -0.208. The van der Waals surface area contributed by atoms with Crippen molar-refractivity contribution in [1.82, 2.24) is 0 Å². The number of hydrogen-bond donors (Lipinski definition) is 2. The average molecular weight is 168 g/mol. The molecule has 0 bridgehead atoms. The van der Waals surface area contributed by atoms with Crippen molar-refractivity contribution in [3.05, 3.63) is 12.2 Å². The fourth-order valence-corrected chi connectivity index (χ4v) is 0.959. The SMILES string of the molecule is [B][C@@H](/C=C\C)CC(O)C(C)CO. The molecular weight excluding hydrogens is 151 g/mol. The highest BCUT2D eigenvalue weighted by Gasteiger charge is 2.14. The molecule has 0 aliphatic heterocycles. The molecule has 0 amide bonds. The van der Waals surface area contributed by atoms with Crippen LogP contribution in [0.3, 0.4) is 0 Å². The Labute approximate surface area is 75.7 Å². The summed E-state index contributed by atoms with van der Waals surface area (Å²) in [7, 11) is 5.65. The third-order valence-corrected chi connectivity index (χ3v) is 1.90. The maximum Gasteiger partial charge on any atom is 0.0756 e. The zero-order valence-corrected chi connectivity index (χ0v) is 7.77. The zero-order chi connectivity index (χ0) is 9.56. The largest absolute Gasteiger partial charge is 0.396 e. The zero-order valence-electron chi connectivity index (χ0n) is 7.77. The Morgan fingerprint density at radius 3 is 2.50 bits per heavy atom. The maximum absolute atomic E-state index is 9.44. The van der Waals surface area contributed by atoms with Crippen LogP contribution in [0.25, 0.3) is 0 Å². The van der Waals surface area contributed by atoms with Gasteiger partial charge in [0.25, 0.3) is 0 Å². The molecule has 2 unspecified atom stereocenters. The minimum Gasteiger partial charge on any atom is -0.396 e. The van der Waals surface area contributed by atoms with Gasteiger partial charge in [0.05, 0.1) is 14.0 Å². The van der Waals surface area contributed by atoms with Crippen molar-refractivity contribution in [1.29, 1.82) is 0 Å². The summed E-state index contributed by atoms with van der Waals surface area (Å²) in [5.41, 5.74) is 0. The Balaban J connectivity index is 3.74. The van der Waals surface area contributed by atoms with Crippen molar-refractivity contribution in [2.45, 2.75) is 32.2 Å². The van der Waals surface area contributed by atoms with E-state index in [9.17, 15) is 5.11 Å². The number of aliphatic hydroxyl groups excluding tert-OH is 2. The van der Waals surface area contributed by atoms with Gasteiger partial charge < -0.3 is 10.2 Å². The van der Waals surface area contributed by atoms with Gasteiger partial charge in [0.1, 0.15) is 0 Å². The van der Waals surface area contributed by atoms with Crippen LogP contribution in [-0.4, -0.2) is 30.8 Å². The first-order valence-electron chi connectivity index (χ1n) is 4.29. The van der Waals surface area contributed by atoms with E-state index in [4.69, 9.17) is 13.0 Å². The van der Waals surface area contributed by atoms with Gasteiger partial charge in [-0.05, 0) is 13.3 Å². The predicted molar refractivity (Wildman–Crippen MR) is 51.2 cm³/mol. The number of rotatable bonds is 5. The number of aliphatic hydroxyl groups is 2. The fraction of sp³-hybridized carbons (Fsp3) is 0.778. The highest BCUT2D eigenvalue weighted by Crippen LogP contribution is 2.16. The normalized spacial score (nSPS) is 19.3. The van der Waals surface area contributed by atoms with E-state index >= 15 is 0 Å². The molecule has 0 aromatic rings. The van der Waals surface area contributed by atoms with Gasteiger partial charge in [-0.25, -0.2) is 0 Å². The van der Waals surface area contributed by atoms with E-state index in [0.29, 0.717) is 6.42 Å². The topological polar surface area (TPSA) is 40.5 Å². The first-order chi connectivity index (χ1) is 5.61. The van der Waals surface area contributed by atoms with Crippen LogP contribution in [0.4, 0.5) is 0 Å². The Morgan fingerprint density at radius 2 is 2.08 bits per heavy atom. The van der Waals surface area contributed by atoms with Gasteiger partial charge in [-0.3, -0.25) is 0 Å². The maximum atomic E-state index is 9.44. The fourth-order valence-electron chi connectivity index (χ4n) is 0.959. The molecule has 0 aliphatic carbocycles. The molecule has 0 fully saturated rings. The summed E-state index contributed by atoms with van der Waals surface area (Å²) >= 11 is 0. The van der Waals surface area contributed by atoms with Crippen LogP contribution in [0.5, 0.6) is 0 Å². The Morgan fingerprint density at radius 1 is 1.50 bits per heavy atom. The second-order valence-electron chi connectivity index (χ2n) is 3.15. The lowest BCUT2D eigenvalue weighted by atomic mass is 9.80. The van der Waals surface area contributed by atoms with E-state index < -0.39 is 6.10 Å². The van der Waals surface area contributed by atoms with Gasteiger partial charge in [0.2, 0.25) is 0 Å². The highest BCUT2D eigenvalue weighted by molar-refractivity contribution is 6.12. The molecule has 0 aromatic carbocycles. The quantitative estimate of drug-likeness (QED) is 0.473. The van der Waals surface area contributed by atoms with Crippen LogP contribution < -0.4 is 0 Å². The molecule has 0 aromatic heterocycles. The molecular formula is C9H17BO2. The molecule has 0 aliphatic rings. The number of allylic oxidation sites excluding steroid dienone is 2. The van der Waals surface area contributed by atoms with E-state index in [1.807, 2.05) is 19.1 Å². The second kappa shape index (κ2) is 6.26. The van der Waals surface area contributed by atoms with Gasteiger partial charge >= 0.3 is 0 Å². The van der Waals surface area contributed by atoms with Crippen molar-refractivity contribution < 1.29 is 10.2 Å². The molecule has 2 radical (unpaired) electrons. The smallest absolute Gasteiger partial charge is 0.0756 e. The van der Waals surface area contributed by atoms with Crippen LogP contribution in [0, 0.1) is 5.92 Å². The predicted octanol–water partition coefficient (Wildman–Crippen LogP) is 0.899. The first kappa shape index (κ1) is 11.7. The van der Waals surface area contributed by atoms with Gasteiger partial charge in [-0.2, -0.15) is 0 Å². The second-order valence-corrected chi connectivity index (χ2v) is 3.15. The highest BCUT2D eigenvalue weighted by atomic mass is 16.3. The van der Waals surface area contributed by atoms with E-state index in [2.05, 4.69) is 0 Å². The summed E-state index contributed by atoms with van der Waals surface area (Å²) in [6.45, 7) is 3.69. The number of hydrogen-bond acceptors (Lipinski definition) is 2. The monoisotopic (exact) mass is 168 g/mol. The summed E-state index contributed by atoms with van der Waals surface area (Å²) in [6, 6.07) is 0. The Kier molecular flexibility index (Phi) is 6.12. The standard InChI is InChI=1S/C9H17BO2/c1-3-4-8(10)5-9(12)7(2)6-11/h3-4,7-9,11-12H,5-6H2,1-2H3/b4-3-/t7?,8-,9?/m0/s1. The molecule has 0 spiro atoms. The van der Waals surface area contributed by atoms with Crippen LogP contribution >= 0.6 is 0 Å². The molecule has 0 heterocycles. The van der Waals surface area contributed by atoms with E-state index in [-0.39, 0.29) is 18.3 Å². The summed E-state index contributed by atoms with van der Waals surface area (Å²) in [6.07, 6.45) is 3.70. The molecule has 2 N–H and O–H groups in total. The summed E-state index contributed by atoms with van der Waals surface area (Å²) < 4.78 is 0. The van der Waals surface area contributed by atoms with Crippen LogP contribution in [0.15, 0.2) is 12.2 Å². The summed E-state index contributed by atoms with van der Waals surface area (Å²) in [5, 5.41) is 18.2. The Hall–Kier alpha value is -0.275. The van der Waals surface area contributed by atoms with E-state index in [1.165, 1.54) is 0 Å². The Bertz CT molecular complexity index is 136. The van der Waals surface area contributed by atoms with Crippen molar-refractivity contribution in [3.8, 4) is 0 Å². The van der Waals surface area contributed by atoms with Gasteiger partial charge in [-0.15, -0.1) is 0 Å². The molecule has 0 saturated heterocycles. The molecule has 2 nitrogen and oxygen atoms in total. The first-order valence-corrected chi connectivity index (χ1v) is 4.29. The molecule has 3 atom stereocenters. The molecule has 3 heteroatoms. The van der Waals surface area contributed by atoms with Crippen molar-refractivity contribution in [3.63, 3.8) is 0 Å². The van der Waals surface area contributed by atoms with Crippen LogP contribution in [0.2, 0.25) is 5.82 Å². The minimum absolute atomic E-state index is 0.00370. The third-order valence-electron chi connectivity index (χ3n) is 1.90. The molecule has 0 rings (SSSR count). The molecule has 68 valence electrons. The minimum atomic E-state index is -0.513. The molecule has 12 heavy (non-hydrogen) atoms. The summed E-state index contributed by atoms with van der Waals surface area (Å²) in [4.78, 5) is 0. The average Bonchev–Trinajstić information content (AvgIpc) is 2.03. The van der Waals surface area contributed by atoms with Crippen LogP contribution in [-0.2, 0) is 0 Å². The lowest BCUT2D eigenvalue weighted by molar-refractivity contribution is 0.0716. The van der Waals surface area contributed by atoms with E-state index in [1.54, 1.807) is 6.92 Å². The van der Waals surface area contributed by atoms with Crippen molar-refractivity contribution >= 4 is 7.85 Å². The van der Waals surface area contributed by atoms with Crippen molar-refractivity contribution in [2.75, 3.05) is 6.61 Å². The van der Waals surface area contributed by atoms with Crippen molar-refractivity contribution in [2.24, 2.45) is 5.92 Å². The van der Waals surface area contributed by atoms with Gasteiger partial charge in [0.15, 0.2) is 0 Å². The third kappa shape index (κ3) is 4.57. The van der Waals surface area contributed by atoms with E-state index in [0.717, 1.165) is 0 Å². The van der Waals surface area contributed by atoms with Gasteiger partial charge in [-0.1, -0.05) is 24.9 Å². The van der Waals surface area contributed by atoms with Crippen LogP contribution in [0.1, 0.15) is 20.3 Å². The lowest BCUT2D eigenvalue weighted by Gasteiger charge is -2.18. The van der Waals surface area contributed by atoms with Gasteiger partial charge in [0, 0.05) is 12.5 Å². The molecule has 0 saturated carbocycles.